The molecule has 2 heterocycles. The van der Waals surface area contributed by atoms with Gasteiger partial charge in [-0.15, -0.1) is 10.2 Å². The zero-order valence-corrected chi connectivity index (χ0v) is 18.2. The Kier molecular flexibility index (Phi) is 5.61. The van der Waals surface area contributed by atoms with Crippen LogP contribution < -0.4 is 9.46 Å². The van der Waals surface area contributed by atoms with Gasteiger partial charge in [0.2, 0.25) is 10.0 Å². The molecule has 0 aliphatic rings. The lowest BCUT2D eigenvalue weighted by atomic mass is 10.1. The van der Waals surface area contributed by atoms with E-state index in [0.29, 0.717) is 23.5 Å². The normalized spacial score (nSPS) is 13.0. The lowest BCUT2D eigenvalue weighted by Crippen LogP contribution is -2.37. The lowest BCUT2D eigenvalue weighted by Gasteiger charge is -2.16. The third-order valence-electron chi connectivity index (χ3n) is 5.19. The van der Waals surface area contributed by atoms with Crippen LogP contribution in [0.15, 0.2) is 47.4 Å². The van der Waals surface area contributed by atoms with Gasteiger partial charge in [0.15, 0.2) is 11.5 Å². The predicted octanol–water partition coefficient (Wildman–Crippen LogP) is 2.31. The van der Waals surface area contributed by atoms with Crippen LogP contribution in [0.3, 0.4) is 0 Å². The van der Waals surface area contributed by atoms with Gasteiger partial charge in [-0.25, -0.2) is 13.1 Å². The van der Waals surface area contributed by atoms with E-state index >= 15 is 0 Å². The van der Waals surface area contributed by atoms with Crippen molar-refractivity contribution < 1.29 is 18.3 Å². The number of fused-ring (bicyclic) bond motifs is 3. The van der Waals surface area contributed by atoms with Crippen LogP contribution >= 0.6 is 0 Å². The van der Waals surface area contributed by atoms with Gasteiger partial charge in [-0.1, -0.05) is 31.2 Å². The number of aliphatic hydroxyl groups excluding tert-OH is 1. The van der Waals surface area contributed by atoms with Gasteiger partial charge in [0, 0.05) is 22.4 Å². The Balaban J connectivity index is 1.88. The fraction of sp³-hybridized carbons (Fsp3) is 0.286. The molecule has 2 aromatic carbocycles. The highest BCUT2D eigenvalue weighted by Crippen LogP contribution is 2.30. The molecule has 31 heavy (non-hydrogen) atoms. The largest absolute Gasteiger partial charge is 0.495 e. The van der Waals surface area contributed by atoms with Gasteiger partial charge in [-0.05, 0) is 31.5 Å². The van der Waals surface area contributed by atoms with Crippen molar-refractivity contribution in [1.82, 2.24) is 24.5 Å². The van der Waals surface area contributed by atoms with E-state index in [1.165, 1.54) is 13.2 Å². The Morgan fingerprint density at radius 3 is 2.58 bits per heavy atom. The van der Waals surface area contributed by atoms with Crippen molar-refractivity contribution in [3.05, 3.63) is 48.2 Å². The highest BCUT2D eigenvalue weighted by Gasteiger charge is 2.24. The maximum absolute atomic E-state index is 13.0. The van der Waals surface area contributed by atoms with Crippen molar-refractivity contribution >= 4 is 26.4 Å². The number of aryl methyl sites for hydroxylation is 1. The maximum Gasteiger partial charge on any atom is 0.244 e. The molecule has 0 spiro atoms. The quantitative estimate of drug-likeness (QED) is 0.452. The standard InChI is InChI=1S/C21H23N5O4S/c1-4-15(12-27)25-31(28,29)19-11-14(9-10-18(19)30-3)20-22-23-21-17-8-6-5-7-16(17)13(2)24-26(20)21/h5-11,15,25,27H,4,12H2,1-3H3/t15-/m1/s1. The summed E-state index contributed by atoms with van der Waals surface area (Å²) in [5.41, 5.74) is 1.91. The minimum Gasteiger partial charge on any atom is -0.495 e. The van der Waals surface area contributed by atoms with Gasteiger partial charge in [-0.3, -0.25) is 0 Å². The summed E-state index contributed by atoms with van der Waals surface area (Å²) in [7, 11) is -2.55. The molecule has 0 amide bonds. The number of nitrogens with one attached hydrogen (secondary N) is 1. The van der Waals surface area contributed by atoms with Crippen LogP contribution in [0, 0.1) is 6.92 Å². The highest BCUT2D eigenvalue weighted by atomic mass is 32.2. The monoisotopic (exact) mass is 441 g/mol. The van der Waals surface area contributed by atoms with Crippen LogP contribution in [0.4, 0.5) is 0 Å². The number of aliphatic hydroxyl groups is 1. The van der Waals surface area contributed by atoms with Crippen molar-refractivity contribution in [1.29, 1.82) is 0 Å². The molecule has 4 rings (SSSR count). The van der Waals surface area contributed by atoms with E-state index in [2.05, 4.69) is 20.0 Å². The Bertz CT molecular complexity index is 1360. The molecule has 9 nitrogen and oxygen atoms in total. The van der Waals surface area contributed by atoms with E-state index in [-0.39, 0.29) is 17.3 Å². The zero-order chi connectivity index (χ0) is 22.2. The molecule has 2 aromatic heterocycles. The summed E-state index contributed by atoms with van der Waals surface area (Å²) in [5, 5.41) is 24.5. The average Bonchev–Trinajstić information content (AvgIpc) is 3.21. The summed E-state index contributed by atoms with van der Waals surface area (Å²) in [6.07, 6.45) is 0.447. The molecule has 1 atom stereocenters. The summed E-state index contributed by atoms with van der Waals surface area (Å²) >= 11 is 0. The maximum atomic E-state index is 13.0. The molecule has 0 bridgehead atoms. The number of ether oxygens (including phenoxy) is 1. The molecule has 162 valence electrons. The van der Waals surface area contributed by atoms with E-state index in [1.807, 2.05) is 31.2 Å². The summed E-state index contributed by atoms with van der Waals surface area (Å²) in [4.78, 5) is -0.0475. The fourth-order valence-electron chi connectivity index (χ4n) is 3.48. The first kappa shape index (κ1) is 21.2. The topological polar surface area (TPSA) is 119 Å². The Morgan fingerprint density at radius 1 is 1.16 bits per heavy atom. The van der Waals surface area contributed by atoms with Crippen molar-refractivity contribution in [3.63, 3.8) is 0 Å². The molecule has 0 unspecified atom stereocenters. The van der Waals surface area contributed by atoms with Gasteiger partial charge in [0.1, 0.15) is 10.6 Å². The molecule has 0 fully saturated rings. The van der Waals surface area contributed by atoms with E-state index in [0.717, 1.165) is 16.5 Å². The first-order valence-corrected chi connectivity index (χ1v) is 11.3. The van der Waals surface area contributed by atoms with E-state index in [4.69, 9.17) is 4.74 Å². The second-order valence-corrected chi connectivity index (χ2v) is 8.85. The second kappa shape index (κ2) is 8.22. The number of hydrogen-bond donors (Lipinski definition) is 2. The number of hydrogen-bond acceptors (Lipinski definition) is 7. The molecule has 2 N–H and O–H groups in total. The highest BCUT2D eigenvalue weighted by molar-refractivity contribution is 7.89. The Labute approximate surface area is 179 Å². The second-order valence-electron chi connectivity index (χ2n) is 7.16. The lowest BCUT2D eigenvalue weighted by molar-refractivity contribution is 0.253. The van der Waals surface area contributed by atoms with Crippen molar-refractivity contribution in [2.24, 2.45) is 0 Å². The predicted molar refractivity (Wildman–Crippen MR) is 116 cm³/mol. The fourth-order valence-corrected chi connectivity index (χ4v) is 4.98. The summed E-state index contributed by atoms with van der Waals surface area (Å²) in [5.74, 6) is 0.601. The smallest absolute Gasteiger partial charge is 0.244 e. The first-order chi connectivity index (χ1) is 14.9. The van der Waals surface area contributed by atoms with Crippen LogP contribution in [0.5, 0.6) is 5.75 Å². The van der Waals surface area contributed by atoms with Crippen LogP contribution in [0.1, 0.15) is 19.0 Å². The molecular weight excluding hydrogens is 418 g/mol. The Hall–Kier alpha value is -3.08. The molecule has 4 aromatic rings. The van der Waals surface area contributed by atoms with Crippen molar-refractivity contribution in [2.75, 3.05) is 13.7 Å². The number of aromatic nitrogens is 4. The third kappa shape index (κ3) is 3.73. The summed E-state index contributed by atoms with van der Waals surface area (Å²) in [6.45, 7) is 3.39. The van der Waals surface area contributed by atoms with Gasteiger partial charge in [0.05, 0.1) is 19.4 Å². The number of methoxy groups -OCH3 is 1. The SMILES string of the molecule is CC[C@H](CO)NS(=O)(=O)c1cc(-c2nnc3c4ccccc4c(C)nn23)ccc1OC. The van der Waals surface area contributed by atoms with Gasteiger partial charge in [0.25, 0.3) is 0 Å². The third-order valence-corrected chi connectivity index (χ3v) is 6.74. The van der Waals surface area contributed by atoms with Crippen molar-refractivity contribution in [2.45, 2.75) is 31.2 Å². The zero-order valence-electron chi connectivity index (χ0n) is 17.4. The van der Waals surface area contributed by atoms with Crippen LogP contribution in [0.2, 0.25) is 0 Å². The van der Waals surface area contributed by atoms with E-state index in [1.54, 1.807) is 23.6 Å². The van der Waals surface area contributed by atoms with Crippen molar-refractivity contribution in [3.8, 4) is 17.1 Å². The van der Waals surface area contributed by atoms with Gasteiger partial charge < -0.3 is 9.84 Å². The minimum absolute atomic E-state index is 0.0475. The van der Waals surface area contributed by atoms with Crippen LogP contribution in [-0.4, -0.2) is 53.1 Å². The number of nitrogens with zero attached hydrogens (tertiary/aromatic N) is 4. The molecular formula is C21H23N5O4S. The first-order valence-electron chi connectivity index (χ1n) is 9.82. The molecule has 0 aliphatic heterocycles. The molecule has 0 saturated heterocycles. The minimum atomic E-state index is -3.95. The molecule has 0 aliphatic carbocycles. The van der Waals surface area contributed by atoms with E-state index < -0.39 is 16.1 Å². The number of rotatable bonds is 7. The molecule has 0 radical (unpaired) electrons. The van der Waals surface area contributed by atoms with Gasteiger partial charge >= 0.3 is 0 Å². The summed E-state index contributed by atoms with van der Waals surface area (Å²) in [6, 6.07) is 11.9. The summed E-state index contributed by atoms with van der Waals surface area (Å²) < 4.78 is 35.4. The van der Waals surface area contributed by atoms with E-state index in [9.17, 15) is 13.5 Å². The van der Waals surface area contributed by atoms with Crippen LogP contribution in [-0.2, 0) is 10.0 Å². The average molecular weight is 442 g/mol. The molecule has 10 heteroatoms. The Morgan fingerprint density at radius 2 is 1.90 bits per heavy atom. The van der Waals surface area contributed by atoms with Gasteiger partial charge in [-0.2, -0.15) is 9.61 Å². The van der Waals surface area contributed by atoms with Crippen LogP contribution in [0.25, 0.3) is 27.8 Å². The molecule has 0 saturated carbocycles. The number of benzene rings is 2. The number of sulfonamides is 1.